The molecule has 3 unspecified atom stereocenters. The SMILES string of the molecule is Cc1nc(Cc2ccccc2)sc1C1CCN(CC2CC([C@H](CC3CC3)C(=O)O)CC2c2cccc(F)c2)CC1.Cl.Cl. The summed E-state index contributed by atoms with van der Waals surface area (Å²) in [5, 5.41) is 11.3. The van der Waals surface area contributed by atoms with E-state index >= 15 is 0 Å². The first-order valence-corrected chi connectivity index (χ1v) is 15.9. The van der Waals surface area contributed by atoms with Crippen molar-refractivity contribution in [3.8, 4) is 0 Å². The third-order valence-corrected chi connectivity index (χ3v) is 11.0. The number of likely N-dealkylation sites (tertiary alicyclic amines) is 1. The molecule has 1 aliphatic heterocycles. The average molecular weight is 634 g/mol. The molecule has 42 heavy (non-hydrogen) atoms. The second kappa shape index (κ2) is 14.7. The highest BCUT2D eigenvalue weighted by molar-refractivity contribution is 7.11. The first kappa shape index (κ1) is 32.9. The zero-order valence-electron chi connectivity index (χ0n) is 24.3. The van der Waals surface area contributed by atoms with E-state index in [0.717, 1.165) is 63.7 Å². The van der Waals surface area contributed by atoms with Gasteiger partial charge in [0.2, 0.25) is 0 Å². The van der Waals surface area contributed by atoms with Crippen LogP contribution < -0.4 is 0 Å². The summed E-state index contributed by atoms with van der Waals surface area (Å²) in [5.74, 6) is 0.827. The Hall–Kier alpha value is -1.99. The summed E-state index contributed by atoms with van der Waals surface area (Å²) in [6.45, 7) is 5.24. The molecule has 6 rings (SSSR count). The number of aromatic nitrogens is 1. The molecule has 3 aliphatic rings. The van der Waals surface area contributed by atoms with Gasteiger partial charge in [0, 0.05) is 17.8 Å². The fraction of sp³-hybridized carbons (Fsp3) is 0.529. The molecule has 8 heteroatoms. The molecule has 2 saturated carbocycles. The van der Waals surface area contributed by atoms with Gasteiger partial charge in [-0.2, -0.15) is 0 Å². The van der Waals surface area contributed by atoms with Gasteiger partial charge in [-0.3, -0.25) is 4.79 Å². The maximum absolute atomic E-state index is 14.2. The first-order chi connectivity index (χ1) is 19.4. The molecule has 2 heterocycles. The van der Waals surface area contributed by atoms with Gasteiger partial charge >= 0.3 is 5.97 Å². The summed E-state index contributed by atoms with van der Waals surface area (Å²) in [7, 11) is 0. The van der Waals surface area contributed by atoms with Crippen LogP contribution >= 0.6 is 36.2 Å². The van der Waals surface area contributed by atoms with Gasteiger partial charge in [-0.15, -0.1) is 36.2 Å². The molecule has 1 aromatic heterocycles. The highest BCUT2D eigenvalue weighted by Gasteiger charge is 2.43. The topological polar surface area (TPSA) is 53.4 Å². The van der Waals surface area contributed by atoms with Crippen molar-refractivity contribution in [2.75, 3.05) is 19.6 Å². The van der Waals surface area contributed by atoms with E-state index in [1.54, 1.807) is 6.07 Å². The fourth-order valence-electron chi connectivity index (χ4n) is 7.45. The van der Waals surface area contributed by atoms with E-state index in [-0.39, 0.29) is 48.4 Å². The van der Waals surface area contributed by atoms with E-state index in [9.17, 15) is 14.3 Å². The molecule has 2 aliphatic carbocycles. The van der Waals surface area contributed by atoms with E-state index in [2.05, 4.69) is 42.2 Å². The lowest BCUT2D eigenvalue weighted by Gasteiger charge is -2.35. The summed E-state index contributed by atoms with van der Waals surface area (Å²) in [4.78, 5) is 21.2. The predicted octanol–water partition coefficient (Wildman–Crippen LogP) is 8.52. The van der Waals surface area contributed by atoms with Crippen LogP contribution in [0.4, 0.5) is 4.39 Å². The second-order valence-electron chi connectivity index (χ2n) is 12.6. The molecule has 0 spiro atoms. The Bertz CT molecular complexity index is 1310. The van der Waals surface area contributed by atoms with E-state index in [1.165, 1.54) is 40.1 Å². The quantitative estimate of drug-likeness (QED) is 0.243. The Morgan fingerprint density at radius 2 is 1.79 bits per heavy atom. The smallest absolute Gasteiger partial charge is 0.306 e. The van der Waals surface area contributed by atoms with E-state index in [0.29, 0.717) is 17.8 Å². The van der Waals surface area contributed by atoms with E-state index in [4.69, 9.17) is 4.98 Å². The summed E-state index contributed by atoms with van der Waals surface area (Å²) in [5.41, 5.74) is 3.54. The number of hydrogen-bond acceptors (Lipinski definition) is 4. The molecule has 4 atom stereocenters. The summed E-state index contributed by atoms with van der Waals surface area (Å²) < 4.78 is 14.2. The van der Waals surface area contributed by atoms with Gasteiger partial charge in [0.25, 0.3) is 0 Å². The van der Waals surface area contributed by atoms with Crippen LogP contribution in [-0.2, 0) is 11.2 Å². The van der Waals surface area contributed by atoms with Crippen LogP contribution in [0.15, 0.2) is 54.6 Å². The minimum Gasteiger partial charge on any atom is -0.481 e. The molecule has 0 radical (unpaired) electrons. The number of hydrogen-bond donors (Lipinski definition) is 1. The highest BCUT2D eigenvalue weighted by Crippen LogP contribution is 2.50. The number of rotatable bonds is 10. The van der Waals surface area contributed by atoms with Gasteiger partial charge in [0.1, 0.15) is 5.82 Å². The molecule has 3 fully saturated rings. The fourth-order valence-corrected chi connectivity index (χ4v) is 8.72. The van der Waals surface area contributed by atoms with Gasteiger partial charge < -0.3 is 10.0 Å². The van der Waals surface area contributed by atoms with Crippen molar-refractivity contribution in [2.45, 2.75) is 70.1 Å². The van der Waals surface area contributed by atoms with Crippen LogP contribution in [0.3, 0.4) is 0 Å². The Balaban J connectivity index is 0.00000202. The zero-order chi connectivity index (χ0) is 27.6. The molecule has 1 N–H and O–H groups in total. The van der Waals surface area contributed by atoms with Crippen LogP contribution in [0.2, 0.25) is 0 Å². The number of thiazole rings is 1. The van der Waals surface area contributed by atoms with Crippen molar-refractivity contribution in [3.05, 3.63) is 87.1 Å². The van der Waals surface area contributed by atoms with Crippen molar-refractivity contribution >= 4 is 42.1 Å². The Labute approximate surface area is 266 Å². The number of nitrogens with zero attached hydrogens (tertiary/aromatic N) is 2. The van der Waals surface area contributed by atoms with Crippen LogP contribution in [0, 0.1) is 36.4 Å². The number of carbonyl (C=O) groups is 1. The number of piperidine rings is 1. The molecule has 2 aromatic carbocycles. The number of aryl methyl sites for hydroxylation is 1. The van der Waals surface area contributed by atoms with Crippen molar-refractivity contribution in [3.63, 3.8) is 0 Å². The average Bonchev–Trinajstić information content (AvgIpc) is 3.57. The largest absolute Gasteiger partial charge is 0.481 e. The third kappa shape index (κ3) is 7.93. The molecular weight excluding hydrogens is 590 g/mol. The minimum atomic E-state index is -0.636. The Kier molecular flexibility index (Phi) is 11.5. The Morgan fingerprint density at radius 3 is 2.45 bits per heavy atom. The summed E-state index contributed by atoms with van der Waals surface area (Å²) in [6.07, 6.45) is 8.12. The maximum Gasteiger partial charge on any atom is 0.306 e. The standard InChI is InChI=1S/C34H41FN2O2S.2ClH/c1-22-33(40-32(36-22)17-23-6-3-2-4-7-23)25-12-14-37(15-13-25)21-28-18-27(31(34(38)39)16-24-10-11-24)20-30(28)26-8-5-9-29(35)19-26;;/h2-9,19,24-25,27-28,30-31H,10-18,20-21H2,1H3,(H,38,39);2*1H/t27?,28?,30?,31-;;/m0../s1. The van der Waals surface area contributed by atoms with Gasteiger partial charge in [-0.1, -0.05) is 55.3 Å². The molecule has 1 saturated heterocycles. The van der Waals surface area contributed by atoms with Crippen LogP contribution in [0.5, 0.6) is 0 Å². The molecule has 4 nitrogen and oxygen atoms in total. The van der Waals surface area contributed by atoms with E-state index in [1.807, 2.05) is 23.5 Å². The van der Waals surface area contributed by atoms with Gasteiger partial charge in [-0.05, 0) is 105 Å². The van der Waals surface area contributed by atoms with Crippen LogP contribution in [0.25, 0.3) is 0 Å². The number of carboxylic acids is 1. The monoisotopic (exact) mass is 632 g/mol. The van der Waals surface area contributed by atoms with Gasteiger partial charge in [-0.25, -0.2) is 9.37 Å². The second-order valence-corrected chi connectivity index (χ2v) is 13.7. The lowest BCUT2D eigenvalue weighted by Crippen LogP contribution is -2.37. The molecule has 228 valence electrons. The number of carboxylic acid groups (broad SMARTS) is 1. The third-order valence-electron chi connectivity index (χ3n) is 9.70. The van der Waals surface area contributed by atoms with Crippen molar-refractivity contribution in [2.24, 2.45) is 23.7 Å². The maximum atomic E-state index is 14.2. The molecule has 3 aromatic rings. The molecule has 0 bridgehead atoms. The predicted molar refractivity (Wildman–Crippen MR) is 173 cm³/mol. The van der Waals surface area contributed by atoms with E-state index < -0.39 is 5.97 Å². The van der Waals surface area contributed by atoms with Crippen molar-refractivity contribution in [1.82, 2.24) is 9.88 Å². The lowest BCUT2D eigenvalue weighted by molar-refractivity contribution is -0.144. The van der Waals surface area contributed by atoms with Crippen LogP contribution in [-0.4, -0.2) is 40.6 Å². The first-order valence-electron chi connectivity index (χ1n) is 15.1. The number of benzene rings is 2. The van der Waals surface area contributed by atoms with Crippen molar-refractivity contribution < 1.29 is 14.3 Å². The highest BCUT2D eigenvalue weighted by atomic mass is 35.5. The molecular formula is C34H43Cl2FN2O2S. The van der Waals surface area contributed by atoms with Crippen LogP contribution in [0.1, 0.15) is 83.5 Å². The lowest BCUT2D eigenvalue weighted by atomic mass is 9.85. The summed E-state index contributed by atoms with van der Waals surface area (Å²) in [6, 6.07) is 17.6. The Morgan fingerprint density at radius 1 is 1.05 bits per heavy atom. The number of aliphatic carboxylic acids is 1. The van der Waals surface area contributed by atoms with Gasteiger partial charge in [0.15, 0.2) is 0 Å². The minimum absolute atomic E-state index is 0. The normalized spacial score (nSPS) is 23.6. The van der Waals surface area contributed by atoms with Gasteiger partial charge in [0.05, 0.1) is 16.6 Å². The number of halogens is 3. The summed E-state index contributed by atoms with van der Waals surface area (Å²) >= 11 is 1.89. The zero-order valence-corrected chi connectivity index (χ0v) is 26.7. The molecule has 0 amide bonds. The van der Waals surface area contributed by atoms with Crippen molar-refractivity contribution in [1.29, 1.82) is 0 Å².